The molecule has 0 aromatic heterocycles. The molecule has 2 aliphatic rings. The molecule has 0 radical (unpaired) electrons. The van der Waals surface area contributed by atoms with Crippen molar-refractivity contribution in [2.75, 3.05) is 19.3 Å². The summed E-state index contributed by atoms with van der Waals surface area (Å²) in [6.07, 6.45) is 10.4. The lowest BCUT2D eigenvalue weighted by molar-refractivity contribution is -0.143. The maximum absolute atomic E-state index is 12.4. The number of carbonyl (C=O) groups is 2. The van der Waals surface area contributed by atoms with Crippen molar-refractivity contribution >= 4 is 23.8 Å². The van der Waals surface area contributed by atoms with Gasteiger partial charge in [-0.2, -0.15) is 11.8 Å². The Balaban J connectivity index is 1.92. The predicted octanol–water partition coefficient (Wildman–Crippen LogP) is 2.70. The number of nitrogens with zero attached hydrogens (tertiary/aromatic N) is 1. The van der Waals surface area contributed by atoms with E-state index >= 15 is 0 Å². The minimum absolute atomic E-state index is 0.141. The molecule has 1 atom stereocenters. The van der Waals surface area contributed by atoms with Gasteiger partial charge in [0.2, 0.25) is 0 Å². The van der Waals surface area contributed by atoms with E-state index in [0.29, 0.717) is 19.5 Å². The smallest absolute Gasteiger partial charge is 0.326 e. The average Bonchev–Trinajstić information content (AvgIpc) is 2.53. The largest absolute Gasteiger partial charge is 0.480 e. The first-order chi connectivity index (χ1) is 10.1. The summed E-state index contributed by atoms with van der Waals surface area (Å²) in [6.45, 7) is 1.20. The molecule has 2 rings (SSSR count). The number of urea groups is 1. The standard InChI is InChI=1S/C15H26N2O3S/c1-21-15(8-4-2-5-9-15)11-16-14(20)17-10-6-3-7-12(17)13(18)19/h12H,2-11H2,1H3,(H,16,20)(H,18,19). The molecule has 2 N–H and O–H groups in total. The summed E-state index contributed by atoms with van der Waals surface area (Å²) in [4.78, 5) is 25.1. The molecule has 2 amide bonds. The van der Waals surface area contributed by atoms with Crippen molar-refractivity contribution in [1.29, 1.82) is 0 Å². The summed E-state index contributed by atoms with van der Waals surface area (Å²) in [5, 5.41) is 12.2. The van der Waals surface area contributed by atoms with E-state index in [1.165, 1.54) is 24.2 Å². The van der Waals surface area contributed by atoms with Crippen LogP contribution in [-0.2, 0) is 4.79 Å². The molecule has 1 unspecified atom stereocenters. The first-order valence-corrected chi connectivity index (χ1v) is 9.13. The number of aliphatic carboxylic acids is 1. The number of piperidine rings is 1. The number of thioether (sulfide) groups is 1. The number of hydrogen-bond donors (Lipinski definition) is 2. The summed E-state index contributed by atoms with van der Waals surface area (Å²) >= 11 is 1.84. The van der Waals surface area contributed by atoms with Gasteiger partial charge in [-0.1, -0.05) is 19.3 Å². The van der Waals surface area contributed by atoms with E-state index in [4.69, 9.17) is 0 Å². The average molecular weight is 314 g/mol. The maximum Gasteiger partial charge on any atom is 0.326 e. The van der Waals surface area contributed by atoms with Crippen molar-refractivity contribution in [1.82, 2.24) is 10.2 Å². The molecular weight excluding hydrogens is 288 g/mol. The van der Waals surface area contributed by atoms with Crippen LogP contribution in [-0.4, -0.2) is 52.1 Å². The van der Waals surface area contributed by atoms with E-state index in [1.54, 1.807) is 0 Å². The Kier molecular flexibility index (Phi) is 5.79. The van der Waals surface area contributed by atoms with Gasteiger partial charge in [0.25, 0.3) is 0 Å². The molecule has 1 heterocycles. The Hall–Kier alpha value is -0.910. The topological polar surface area (TPSA) is 69.6 Å². The quantitative estimate of drug-likeness (QED) is 0.837. The van der Waals surface area contributed by atoms with Crippen LogP contribution in [0, 0.1) is 0 Å². The Morgan fingerprint density at radius 3 is 2.57 bits per heavy atom. The van der Waals surface area contributed by atoms with Gasteiger partial charge in [0.1, 0.15) is 6.04 Å². The van der Waals surface area contributed by atoms with Crippen LogP contribution < -0.4 is 5.32 Å². The van der Waals surface area contributed by atoms with E-state index < -0.39 is 12.0 Å². The fourth-order valence-electron chi connectivity index (χ4n) is 3.42. The third kappa shape index (κ3) is 4.05. The number of likely N-dealkylation sites (tertiary alicyclic amines) is 1. The highest BCUT2D eigenvalue weighted by molar-refractivity contribution is 8.00. The highest BCUT2D eigenvalue weighted by atomic mass is 32.2. The molecule has 1 aliphatic heterocycles. The second-order valence-electron chi connectivity index (χ2n) is 6.15. The van der Waals surface area contributed by atoms with Gasteiger partial charge in [0.05, 0.1) is 0 Å². The summed E-state index contributed by atoms with van der Waals surface area (Å²) in [7, 11) is 0. The van der Waals surface area contributed by atoms with E-state index in [9.17, 15) is 14.7 Å². The molecular formula is C15H26N2O3S. The minimum Gasteiger partial charge on any atom is -0.480 e. The third-order valence-corrected chi connectivity index (χ3v) is 6.23. The maximum atomic E-state index is 12.4. The number of carboxylic acid groups (broad SMARTS) is 1. The van der Waals surface area contributed by atoms with Crippen LogP contribution in [0.4, 0.5) is 4.79 Å². The molecule has 1 aliphatic carbocycles. The lowest BCUT2D eigenvalue weighted by atomic mass is 9.88. The van der Waals surface area contributed by atoms with Gasteiger partial charge in [-0.15, -0.1) is 0 Å². The first kappa shape index (κ1) is 16.5. The number of rotatable bonds is 4. The Morgan fingerprint density at radius 1 is 1.24 bits per heavy atom. The zero-order valence-electron chi connectivity index (χ0n) is 12.8. The van der Waals surface area contributed by atoms with Gasteiger partial charge in [0.15, 0.2) is 0 Å². The molecule has 0 bridgehead atoms. The first-order valence-electron chi connectivity index (χ1n) is 7.90. The highest BCUT2D eigenvalue weighted by Crippen LogP contribution is 2.38. The van der Waals surface area contributed by atoms with Crippen molar-refractivity contribution in [2.24, 2.45) is 0 Å². The van der Waals surface area contributed by atoms with Crippen LogP contribution in [0.5, 0.6) is 0 Å². The predicted molar refractivity (Wildman–Crippen MR) is 84.7 cm³/mol. The third-order valence-electron chi connectivity index (χ3n) is 4.81. The van der Waals surface area contributed by atoms with Crippen LogP contribution in [0.2, 0.25) is 0 Å². The lowest BCUT2D eigenvalue weighted by Crippen LogP contribution is -2.54. The molecule has 120 valence electrons. The van der Waals surface area contributed by atoms with Crippen LogP contribution in [0.3, 0.4) is 0 Å². The fourth-order valence-corrected chi connectivity index (χ4v) is 4.33. The lowest BCUT2D eigenvalue weighted by Gasteiger charge is -2.38. The van der Waals surface area contributed by atoms with Gasteiger partial charge in [0, 0.05) is 17.8 Å². The van der Waals surface area contributed by atoms with Crippen LogP contribution >= 0.6 is 11.8 Å². The van der Waals surface area contributed by atoms with Crippen molar-refractivity contribution < 1.29 is 14.7 Å². The highest BCUT2D eigenvalue weighted by Gasteiger charge is 2.35. The van der Waals surface area contributed by atoms with Crippen LogP contribution in [0.25, 0.3) is 0 Å². The summed E-state index contributed by atoms with van der Waals surface area (Å²) in [5.41, 5.74) is 0. The van der Waals surface area contributed by atoms with E-state index in [0.717, 1.165) is 25.7 Å². The molecule has 21 heavy (non-hydrogen) atoms. The number of nitrogens with one attached hydrogen (secondary N) is 1. The van der Waals surface area contributed by atoms with E-state index in [-0.39, 0.29) is 10.8 Å². The van der Waals surface area contributed by atoms with E-state index in [1.807, 2.05) is 11.8 Å². The molecule has 6 heteroatoms. The van der Waals surface area contributed by atoms with Gasteiger partial charge in [-0.05, 0) is 38.4 Å². The normalized spacial score (nSPS) is 25.4. The van der Waals surface area contributed by atoms with Gasteiger partial charge in [-0.25, -0.2) is 9.59 Å². The van der Waals surface area contributed by atoms with E-state index in [2.05, 4.69) is 11.6 Å². The molecule has 0 spiro atoms. The zero-order valence-corrected chi connectivity index (χ0v) is 13.6. The fraction of sp³-hybridized carbons (Fsp3) is 0.867. The summed E-state index contributed by atoms with van der Waals surface area (Å²) in [6, 6.07) is -0.864. The number of carboxylic acids is 1. The number of hydrogen-bond acceptors (Lipinski definition) is 3. The monoisotopic (exact) mass is 314 g/mol. The summed E-state index contributed by atoms with van der Waals surface area (Å²) in [5.74, 6) is -0.887. The second kappa shape index (κ2) is 7.38. The van der Waals surface area contributed by atoms with Gasteiger partial charge in [-0.3, -0.25) is 0 Å². The van der Waals surface area contributed by atoms with Gasteiger partial charge >= 0.3 is 12.0 Å². The number of amides is 2. The molecule has 1 saturated heterocycles. The Labute approximate surface area is 130 Å². The van der Waals surface area contributed by atoms with Crippen molar-refractivity contribution in [3.63, 3.8) is 0 Å². The molecule has 5 nitrogen and oxygen atoms in total. The molecule has 0 aromatic rings. The van der Waals surface area contributed by atoms with Crippen molar-refractivity contribution in [3.05, 3.63) is 0 Å². The van der Waals surface area contributed by atoms with Crippen LogP contribution in [0.1, 0.15) is 51.4 Å². The Morgan fingerprint density at radius 2 is 1.95 bits per heavy atom. The number of carbonyl (C=O) groups excluding carboxylic acids is 1. The second-order valence-corrected chi connectivity index (χ2v) is 7.42. The minimum atomic E-state index is -0.887. The van der Waals surface area contributed by atoms with Crippen molar-refractivity contribution in [3.8, 4) is 0 Å². The molecule has 0 aromatic carbocycles. The van der Waals surface area contributed by atoms with Crippen LogP contribution in [0.15, 0.2) is 0 Å². The van der Waals surface area contributed by atoms with Gasteiger partial charge < -0.3 is 15.3 Å². The SMILES string of the molecule is CSC1(CNC(=O)N2CCCCC2C(=O)O)CCCCC1. The zero-order chi connectivity index (χ0) is 15.3. The molecule has 1 saturated carbocycles. The Bertz CT molecular complexity index is 383. The summed E-state index contributed by atoms with van der Waals surface area (Å²) < 4.78 is 0.141. The molecule has 2 fully saturated rings. The van der Waals surface area contributed by atoms with Crippen molar-refractivity contribution in [2.45, 2.75) is 62.2 Å².